The zero-order valence-corrected chi connectivity index (χ0v) is 13.9. The zero-order chi connectivity index (χ0) is 15.1. The molecule has 21 heavy (non-hydrogen) atoms. The van der Waals surface area contributed by atoms with Gasteiger partial charge in [-0.05, 0) is 62.6 Å². The van der Waals surface area contributed by atoms with Crippen molar-refractivity contribution in [3.05, 3.63) is 29.8 Å². The molecule has 0 bridgehead atoms. The molecule has 2 heteroatoms. The molecule has 3 atom stereocenters. The molecule has 0 spiro atoms. The smallest absolute Gasteiger partial charge is 0.118 e. The van der Waals surface area contributed by atoms with Crippen LogP contribution in [0.15, 0.2) is 24.3 Å². The summed E-state index contributed by atoms with van der Waals surface area (Å²) < 4.78 is 5.20. The van der Waals surface area contributed by atoms with E-state index in [-0.39, 0.29) is 0 Å². The van der Waals surface area contributed by atoms with Crippen LogP contribution in [0.25, 0.3) is 0 Å². The lowest BCUT2D eigenvalue weighted by molar-refractivity contribution is 0.389. The maximum atomic E-state index is 5.20. The van der Waals surface area contributed by atoms with Crippen molar-refractivity contribution >= 4 is 0 Å². The van der Waals surface area contributed by atoms with Crippen LogP contribution in [0, 0.1) is 5.92 Å². The molecule has 1 aliphatic rings. The largest absolute Gasteiger partial charge is 0.497 e. The van der Waals surface area contributed by atoms with Gasteiger partial charge < -0.3 is 10.1 Å². The SMILES string of the molecule is COc1ccc(CCC(C)NC2CCCC(C)CC2)cc1. The third kappa shape index (κ3) is 5.70. The van der Waals surface area contributed by atoms with Crippen molar-refractivity contribution in [1.82, 2.24) is 5.32 Å². The van der Waals surface area contributed by atoms with E-state index in [0.717, 1.165) is 24.1 Å². The van der Waals surface area contributed by atoms with Crippen molar-refractivity contribution in [2.45, 2.75) is 70.9 Å². The molecule has 1 fully saturated rings. The average Bonchev–Trinajstić information content (AvgIpc) is 2.70. The van der Waals surface area contributed by atoms with Crippen LogP contribution in [-0.2, 0) is 6.42 Å². The molecule has 0 aromatic heterocycles. The summed E-state index contributed by atoms with van der Waals surface area (Å²) in [7, 11) is 1.72. The Balaban J connectivity index is 1.72. The normalized spacial score (nSPS) is 24.3. The Bertz CT molecular complexity index is 401. The number of methoxy groups -OCH3 is 1. The highest BCUT2D eigenvalue weighted by atomic mass is 16.5. The van der Waals surface area contributed by atoms with Crippen LogP contribution in [0.3, 0.4) is 0 Å². The fourth-order valence-electron chi connectivity index (χ4n) is 3.31. The first-order chi connectivity index (χ1) is 10.2. The molecule has 0 heterocycles. The average molecular weight is 289 g/mol. The van der Waals surface area contributed by atoms with Crippen LogP contribution < -0.4 is 10.1 Å². The number of hydrogen-bond donors (Lipinski definition) is 1. The van der Waals surface area contributed by atoms with E-state index in [4.69, 9.17) is 4.74 Å². The van der Waals surface area contributed by atoms with E-state index in [1.807, 2.05) is 0 Å². The van der Waals surface area contributed by atoms with Crippen molar-refractivity contribution in [2.75, 3.05) is 7.11 Å². The number of hydrogen-bond acceptors (Lipinski definition) is 2. The fourth-order valence-corrected chi connectivity index (χ4v) is 3.31. The van der Waals surface area contributed by atoms with E-state index in [1.165, 1.54) is 44.1 Å². The summed E-state index contributed by atoms with van der Waals surface area (Å²) in [6.45, 7) is 4.73. The van der Waals surface area contributed by atoms with E-state index >= 15 is 0 Å². The summed E-state index contributed by atoms with van der Waals surface area (Å²) in [5, 5.41) is 3.85. The Labute approximate surface area is 130 Å². The van der Waals surface area contributed by atoms with Gasteiger partial charge in [-0.2, -0.15) is 0 Å². The van der Waals surface area contributed by atoms with Crippen molar-refractivity contribution in [3.8, 4) is 5.75 Å². The van der Waals surface area contributed by atoms with Crippen LogP contribution in [-0.4, -0.2) is 19.2 Å². The first-order valence-corrected chi connectivity index (χ1v) is 8.56. The Morgan fingerprint density at radius 1 is 1.14 bits per heavy atom. The minimum atomic E-state index is 0.602. The van der Waals surface area contributed by atoms with Gasteiger partial charge in [0.05, 0.1) is 7.11 Å². The predicted molar refractivity (Wildman–Crippen MR) is 89.9 cm³/mol. The van der Waals surface area contributed by atoms with Gasteiger partial charge in [0, 0.05) is 12.1 Å². The van der Waals surface area contributed by atoms with Crippen LogP contribution in [0.4, 0.5) is 0 Å². The summed E-state index contributed by atoms with van der Waals surface area (Å²) in [5.41, 5.74) is 1.40. The highest BCUT2D eigenvalue weighted by molar-refractivity contribution is 5.27. The molecule has 118 valence electrons. The first kappa shape index (κ1) is 16.4. The second kappa shape index (κ2) is 8.43. The van der Waals surface area contributed by atoms with Crippen molar-refractivity contribution in [3.63, 3.8) is 0 Å². The van der Waals surface area contributed by atoms with E-state index in [0.29, 0.717) is 6.04 Å². The van der Waals surface area contributed by atoms with E-state index < -0.39 is 0 Å². The maximum Gasteiger partial charge on any atom is 0.118 e. The van der Waals surface area contributed by atoms with Crippen molar-refractivity contribution < 1.29 is 4.74 Å². The lowest BCUT2D eigenvalue weighted by atomic mass is 10.0. The molecular weight excluding hydrogens is 258 g/mol. The summed E-state index contributed by atoms with van der Waals surface area (Å²) in [4.78, 5) is 0. The molecule has 1 aromatic rings. The maximum absolute atomic E-state index is 5.20. The minimum Gasteiger partial charge on any atom is -0.497 e. The highest BCUT2D eigenvalue weighted by Gasteiger charge is 2.17. The Kier molecular flexibility index (Phi) is 6.56. The number of nitrogens with one attached hydrogen (secondary N) is 1. The van der Waals surface area contributed by atoms with E-state index in [9.17, 15) is 0 Å². The summed E-state index contributed by atoms with van der Waals surface area (Å²) in [5.74, 6) is 1.86. The second-order valence-electron chi connectivity index (χ2n) is 6.76. The van der Waals surface area contributed by atoms with Gasteiger partial charge in [-0.1, -0.05) is 31.9 Å². The standard InChI is InChI=1S/C19H31NO/c1-15-5-4-6-18(12-7-15)20-16(2)8-9-17-10-13-19(21-3)14-11-17/h10-11,13-16,18,20H,4-9,12H2,1-3H3. The monoisotopic (exact) mass is 289 g/mol. The summed E-state index contributed by atoms with van der Waals surface area (Å²) in [6, 6.07) is 9.81. The van der Waals surface area contributed by atoms with Gasteiger partial charge in [0.1, 0.15) is 5.75 Å². The van der Waals surface area contributed by atoms with Gasteiger partial charge in [-0.25, -0.2) is 0 Å². The molecule has 0 radical (unpaired) electrons. The van der Waals surface area contributed by atoms with E-state index in [1.54, 1.807) is 7.11 Å². The molecular formula is C19H31NO. The minimum absolute atomic E-state index is 0.602. The zero-order valence-electron chi connectivity index (χ0n) is 13.9. The highest BCUT2D eigenvalue weighted by Crippen LogP contribution is 2.23. The quantitative estimate of drug-likeness (QED) is 0.774. The second-order valence-corrected chi connectivity index (χ2v) is 6.76. The Morgan fingerprint density at radius 3 is 2.62 bits per heavy atom. The topological polar surface area (TPSA) is 21.3 Å². The number of ether oxygens (including phenoxy) is 1. The first-order valence-electron chi connectivity index (χ1n) is 8.56. The fraction of sp³-hybridized carbons (Fsp3) is 0.684. The van der Waals surface area contributed by atoms with Crippen LogP contribution in [0.2, 0.25) is 0 Å². The van der Waals surface area contributed by atoms with Crippen molar-refractivity contribution in [1.29, 1.82) is 0 Å². The predicted octanol–water partition coefficient (Wildman–Crippen LogP) is 4.57. The lowest BCUT2D eigenvalue weighted by Gasteiger charge is -2.22. The van der Waals surface area contributed by atoms with Gasteiger partial charge in [-0.3, -0.25) is 0 Å². The van der Waals surface area contributed by atoms with Gasteiger partial charge in [0.25, 0.3) is 0 Å². The third-order valence-corrected chi connectivity index (χ3v) is 4.80. The van der Waals surface area contributed by atoms with Crippen LogP contribution in [0.5, 0.6) is 5.75 Å². The Hall–Kier alpha value is -1.02. The van der Waals surface area contributed by atoms with Crippen molar-refractivity contribution in [2.24, 2.45) is 5.92 Å². The molecule has 1 saturated carbocycles. The lowest BCUT2D eigenvalue weighted by Crippen LogP contribution is -2.36. The third-order valence-electron chi connectivity index (χ3n) is 4.80. The van der Waals surface area contributed by atoms with Crippen LogP contribution in [0.1, 0.15) is 57.9 Å². The summed E-state index contributed by atoms with van der Waals surface area (Å²) in [6.07, 6.45) is 9.26. The van der Waals surface area contributed by atoms with Gasteiger partial charge in [0.2, 0.25) is 0 Å². The van der Waals surface area contributed by atoms with Gasteiger partial charge >= 0.3 is 0 Å². The van der Waals surface area contributed by atoms with E-state index in [2.05, 4.69) is 43.4 Å². The molecule has 3 unspecified atom stereocenters. The molecule has 0 saturated heterocycles. The molecule has 0 aliphatic heterocycles. The van der Waals surface area contributed by atoms with Gasteiger partial charge in [0.15, 0.2) is 0 Å². The number of aryl methyl sites for hydroxylation is 1. The van der Waals surface area contributed by atoms with Gasteiger partial charge in [-0.15, -0.1) is 0 Å². The molecule has 2 rings (SSSR count). The summed E-state index contributed by atoms with van der Waals surface area (Å²) >= 11 is 0. The Morgan fingerprint density at radius 2 is 1.90 bits per heavy atom. The number of rotatable bonds is 6. The molecule has 1 aromatic carbocycles. The molecule has 0 amide bonds. The van der Waals surface area contributed by atoms with Crippen LogP contribution >= 0.6 is 0 Å². The molecule has 2 nitrogen and oxygen atoms in total. The molecule has 1 N–H and O–H groups in total. The number of benzene rings is 1. The molecule has 1 aliphatic carbocycles.